The van der Waals surface area contributed by atoms with Gasteiger partial charge in [0.25, 0.3) is 5.91 Å². The zero-order valence-electron chi connectivity index (χ0n) is 22.0. The number of nitrogens with zero attached hydrogens (tertiary/aromatic N) is 2. The van der Waals surface area contributed by atoms with E-state index < -0.39 is 18.1 Å². The smallest absolute Gasteiger partial charge is 0.266 e. The number of carbonyl (C=O) groups is 2. The third-order valence-electron chi connectivity index (χ3n) is 7.26. The van der Waals surface area contributed by atoms with Crippen molar-refractivity contribution in [3.05, 3.63) is 118 Å². The molecule has 0 bridgehead atoms. The first-order chi connectivity index (χ1) is 19.5. The summed E-state index contributed by atoms with van der Waals surface area (Å²) in [5.74, 6) is -0.395. The Morgan fingerprint density at radius 1 is 0.825 bits per heavy atom. The minimum absolute atomic E-state index is 0.308. The van der Waals surface area contributed by atoms with E-state index in [0.29, 0.717) is 28.3 Å². The molecule has 2 fully saturated rings. The van der Waals surface area contributed by atoms with Gasteiger partial charge in [-0.25, -0.2) is 9.96 Å². The van der Waals surface area contributed by atoms with Crippen molar-refractivity contribution in [2.24, 2.45) is 5.92 Å². The van der Waals surface area contributed by atoms with Crippen LogP contribution in [0.25, 0.3) is 0 Å². The molecule has 0 aliphatic carbocycles. The first kappa shape index (κ1) is 26.1. The Bertz CT molecular complexity index is 1550. The molecule has 2 heterocycles. The van der Waals surface area contributed by atoms with Gasteiger partial charge in [0, 0.05) is 4.47 Å². The number of para-hydroxylation sites is 1. The number of halogens is 1. The predicted molar refractivity (Wildman–Crippen MR) is 155 cm³/mol. The van der Waals surface area contributed by atoms with Crippen LogP contribution in [0.2, 0.25) is 0 Å². The van der Waals surface area contributed by atoms with Crippen LogP contribution >= 0.6 is 15.9 Å². The van der Waals surface area contributed by atoms with Crippen LogP contribution in [0, 0.1) is 12.8 Å². The number of imide groups is 1. The summed E-state index contributed by atoms with van der Waals surface area (Å²) >= 11 is 3.72. The molecule has 4 aromatic carbocycles. The fourth-order valence-electron chi connectivity index (χ4n) is 5.26. The standard InChI is InChI=1S/C32H27BrN2O5/c1-20-13-15-22(16-14-20)34-31(36)28-29(35(40-30(28)32(34)37)23-11-7-4-8-12-23)24-17-26(38-2)27(18-25(24)33)39-19-21-9-5-3-6-10-21/h3-18,28-30H,19H2,1-2H3/t28-,29-,30+/m1/s1. The second kappa shape index (κ2) is 10.8. The van der Waals surface area contributed by atoms with E-state index in [4.69, 9.17) is 14.3 Å². The lowest BCUT2D eigenvalue weighted by molar-refractivity contribution is -0.126. The highest BCUT2D eigenvalue weighted by atomic mass is 79.9. The maximum atomic E-state index is 14.0. The monoisotopic (exact) mass is 598 g/mol. The van der Waals surface area contributed by atoms with E-state index in [9.17, 15) is 9.59 Å². The fourth-order valence-corrected chi connectivity index (χ4v) is 5.82. The normalized spacial score (nSPS) is 20.1. The largest absolute Gasteiger partial charge is 0.493 e. The molecule has 0 unspecified atom stereocenters. The van der Waals surface area contributed by atoms with Gasteiger partial charge in [-0.1, -0.05) is 82.2 Å². The van der Waals surface area contributed by atoms with Crippen molar-refractivity contribution in [2.75, 3.05) is 17.1 Å². The lowest BCUT2D eigenvalue weighted by Gasteiger charge is -2.30. The van der Waals surface area contributed by atoms with Gasteiger partial charge < -0.3 is 9.47 Å². The quantitative estimate of drug-likeness (QED) is 0.229. The second-order valence-electron chi connectivity index (χ2n) is 9.80. The number of carbonyl (C=O) groups excluding carboxylic acids is 2. The molecule has 3 atom stereocenters. The molecule has 0 spiro atoms. The van der Waals surface area contributed by atoms with Crippen molar-refractivity contribution in [1.82, 2.24) is 0 Å². The maximum Gasteiger partial charge on any atom is 0.266 e. The Kier molecular flexibility index (Phi) is 7.04. The zero-order chi connectivity index (χ0) is 27.8. The fraction of sp³-hybridized carbons (Fsp3) is 0.188. The van der Waals surface area contributed by atoms with E-state index in [1.165, 1.54) is 4.90 Å². The first-order valence-corrected chi connectivity index (χ1v) is 13.7. The van der Waals surface area contributed by atoms with Gasteiger partial charge in [-0.15, -0.1) is 0 Å². The lowest BCUT2D eigenvalue weighted by atomic mass is 9.90. The second-order valence-corrected chi connectivity index (χ2v) is 10.7. The number of hydrogen-bond acceptors (Lipinski definition) is 6. The van der Waals surface area contributed by atoms with Crippen LogP contribution in [0.5, 0.6) is 11.5 Å². The van der Waals surface area contributed by atoms with E-state index in [-0.39, 0.29) is 11.8 Å². The lowest BCUT2D eigenvalue weighted by Crippen LogP contribution is -2.37. The van der Waals surface area contributed by atoms with Gasteiger partial charge in [-0.05, 0) is 54.4 Å². The minimum Gasteiger partial charge on any atom is -0.493 e. The van der Waals surface area contributed by atoms with E-state index in [1.807, 2.05) is 91.9 Å². The number of fused-ring (bicyclic) bond motifs is 1. The van der Waals surface area contributed by atoms with E-state index in [2.05, 4.69) is 15.9 Å². The molecule has 4 aromatic rings. The molecule has 0 N–H and O–H groups in total. The number of amides is 2. The van der Waals surface area contributed by atoms with Crippen molar-refractivity contribution in [3.63, 3.8) is 0 Å². The van der Waals surface area contributed by atoms with E-state index >= 15 is 0 Å². The van der Waals surface area contributed by atoms with Crippen LogP contribution in [0.15, 0.2) is 102 Å². The summed E-state index contributed by atoms with van der Waals surface area (Å²) in [7, 11) is 1.58. The Balaban J connectivity index is 1.40. The average molecular weight is 599 g/mol. The topological polar surface area (TPSA) is 68.3 Å². The summed E-state index contributed by atoms with van der Waals surface area (Å²) in [5.41, 5.74) is 4.08. The maximum absolute atomic E-state index is 14.0. The number of hydroxylamine groups is 1. The molecule has 6 rings (SSSR count). The van der Waals surface area contributed by atoms with Crippen molar-refractivity contribution in [2.45, 2.75) is 25.7 Å². The molecule has 40 heavy (non-hydrogen) atoms. The molecule has 8 heteroatoms. The van der Waals surface area contributed by atoms with E-state index in [0.717, 1.165) is 22.4 Å². The number of hydrogen-bond donors (Lipinski definition) is 0. The SMILES string of the molecule is COc1cc([C@@H]2[C@H]3C(=O)N(c4ccc(C)cc4)C(=O)[C@H]3ON2c2ccccc2)c(Br)cc1OCc1ccccc1. The summed E-state index contributed by atoms with van der Waals surface area (Å²) in [6.07, 6.45) is -0.967. The Hall–Kier alpha value is -4.14. The Labute approximate surface area is 241 Å². The molecule has 0 saturated carbocycles. The van der Waals surface area contributed by atoms with Gasteiger partial charge in [0.05, 0.1) is 24.5 Å². The van der Waals surface area contributed by atoms with Crippen molar-refractivity contribution in [1.29, 1.82) is 0 Å². The Morgan fingerprint density at radius 3 is 2.17 bits per heavy atom. The molecular formula is C32H27BrN2O5. The molecule has 202 valence electrons. The third-order valence-corrected chi connectivity index (χ3v) is 7.94. The van der Waals surface area contributed by atoms with Crippen LogP contribution in [-0.2, 0) is 21.0 Å². The van der Waals surface area contributed by atoms with Crippen LogP contribution in [0.1, 0.15) is 22.7 Å². The molecule has 2 aliphatic rings. The van der Waals surface area contributed by atoms with E-state index in [1.54, 1.807) is 24.3 Å². The number of ether oxygens (including phenoxy) is 2. The Morgan fingerprint density at radius 2 is 1.50 bits per heavy atom. The number of methoxy groups -OCH3 is 1. The van der Waals surface area contributed by atoms with Crippen LogP contribution in [0.3, 0.4) is 0 Å². The zero-order valence-corrected chi connectivity index (χ0v) is 23.6. The first-order valence-electron chi connectivity index (χ1n) is 13.0. The summed E-state index contributed by atoms with van der Waals surface area (Å²) in [4.78, 5) is 35.1. The number of aryl methyl sites for hydroxylation is 1. The molecule has 2 aliphatic heterocycles. The number of rotatable bonds is 7. The summed E-state index contributed by atoms with van der Waals surface area (Å²) in [6, 6.07) is 29.8. The van der Waals surface area contributed by atoms with Gasteiger partial charge in [-0.3, -0.25) is 14.4 Å². The van der Waals surface area contributed by atoms with Gasteiger partial charge in [-0.2, -0.15) is 0 Å². The van der Waals surface area contributed by atoms with Crippen molar-refractivity contribution < 1.29 is 23.9 Å². The molecule has 0 radical (unpaired) electrons. The highest BCUT2D eigenvalue weighted by Gasteiger charge is 2.60. The third kappa shape index (κ3) is 4.63. The number of benzene rings is 4. The molecule has 2 amide bonds. The van der Waals surface area contributed by atoms with Crippen molar-refractivity contribution >= 4 is 39.1 Å². The van der Waals surface area contributed by atoms with Crippen LogP contribution in [-0.4, -0.2) is 25.0 Å². The molecule has 0 aromatic heterocycles. The van der Waals surface area contributed by atoms with Crippen LogP contribution in [0.4, 0.5) is 11.4 Å². The summed E-state index contributed by atoms with van der Waals surface area (Å²) in [6.45, 7) is 2.33. The highest BCUT2D eigenvalue weighted by Crippen LogP contribution is 2.50. The van der Waals surface area contributed by atoms with Gasteiger partial charge in [0.15, 0.2) is 17.6 Å². The van der Waals surface area contributed by atoms with Gasteiger partial charge in [0.2, 0.25) is 5.91 Å². The summed E-state index contributed by atoms with van der Waals surface area (Å²) < 4.78 is 12.5. The molecule has 7 nitrogen and oxygen atoms in total. The van der Waals surface area contributed by atoms with Crippen LogP contribution < -0.4 is 19.4 Å². The highest BCUT2D eigenvalue weighted by molar-refractivity contribution is 9.10. The van der Waals surface area contributed by atoms with Gasteiger partial charge >= 0.3 is 0 Å². The molecular weight excluding hydrogens is 572 g/mol. The number of anilines is 2. The van der Waals surface area contributed by atoms with Gasteiger partial charge in [0.1, 0.15) is 12.5 Å². The summed E-state index contributed by atoms with van der Waals surface area (Å²) in [5, 5.41) is 1.67. The molecule has 2 saturated heterocycles. The van der Waals surface area contributed by atoms with Crippen molar-refractivity contribution in [3.8, 4) is 11.5 Å². The minimum atomic E-state index is -0.967. The average Bonchev–Trinajstić information content (AvgIpc) is 3.49. The predicted octanol–water partition coefficient (Wildman–Crippen LogP) is 6.40.